The fourth-order valence-corrected chi connectivity index (χ4v) is 4.74. The molecule has 4 aromatic rings. The van der Waals surface area contributed by atoms with E-state index in [1.807, 2.05) is 11.0 Å². The Bertz CT molecular complexity index is 1370. The predicted octanol–water partition coefficient (Wildman–Crippen LogP) is 2.47. The van der Waals surface area contributed by atoms with E-state index in [1.54, 1.807) is 29.5 Å². The van der Waals surface area contributed by atoms with Crippen molar-refractivity contribution >= 4 is 39.9 Å². The van der Waals surface area contributed by atoms with Crippen LogP contribution in [0, 0.1) is 0 Å². The molecule has 10 heteroatoms. The first kappa shape index (κ1) is 20.1. The van der Waals surface area contributed by atoms with Crippen LogP contribution in [0.2, 0.25) is 0 Å². The summed E-state index contributed by atoms with van der Waals surface area (Å²) in [7, 11) is 0. The average molecular weight is 449 g/mol. The summed E-state index contributed by atoms with van der Waals surface area (Å²) in [6, 6.07) is 9.19. The van der Waals surface area contributed by atoms with E-state index in [0.717, 1.165) is 6.42 Å². The summed E-state index contributed by atoms with van der Waals surface area (Å²) in [6.45, 7) is 1.30. The van der Waals surface area contributed by atoms with Crippen molar-refractivity contribution in [2.45, 2.75) is 25.8 Å². The standard InChI is InChI=1S/C22H20N6O3S/c29-19(5-6-20(30)27-9-7-18-14(12-27)8-10-32-18)26-16-3-1-2-4-17(16)28-21-15(11-25-28)22(31)24-13-23-21/h1-4,8,10-11,13H,5-7,9,12H2,(H,26,29)(H,23,24,31). The highest BCUT2D eigenvalue weighted by molar-refractivity contribution is 7.10. The number of fused-ring (bicyclic) bond motifs is 2. The number of nitrogens with one attached hydrogen (secondary N) is 2. The molecule has 2 N–H and O–H groups in total. The van der Waals surface area contributed by atoms with Crippen LogP contribution in [0.15, 0.2) is 53.0 Å². The SMILES string of the molecule is O=C(CCC(=O)N1CCc2sccc2C1)Nc1ccccc1-n1ncc2c(=O)[nH]cnc21. The third kappa shape index (κ3) is 3.80. The fraction of sp³-hybridized carbons (Fsp3) is 0.227. The smallest absolute Gasteiger partial charge is 0.261 e. The van der Waals surface area contributed by atoms with Crippen LogP contribution in [-0.2, 0) is 22.6 Å². The lowest BCUT2D eigenvalue weighted by molar-refractivity contribution is -0.133. The molecular formula is C22H20N6O3S. The number of H-pyrrole nitrogens is 1. The number of nitrogens with zero attached hydrogens (tertiary/aromatic N) is 4. The Labute approximate surface area is 186 Å². The quantitative estimate of drug-likeness (QED) is 0.487. The van der Waals surface area contributed by atoms with Crippen LogP contribution in [0.1, 0.15) is 23.3 Å². The van der Waals surface area contributed by atoms with Crippen molar-refractivity contribution in [1.29, 1.82) is 0 Å². The number of carbonyl (C=O) groups excluding carboxylic acids is 2. The second kappa shape index (κ2) is 8.39. The third-order valence-electron chi connectivity index (χ3n) is 5.50. The number of para-hydroxylation sites is 2. The van der Waals surface area contributed by atoms with Gasteiger partial charge in [-0.25, -0.2) is 9.67 Å². The van der Waals surface area contributed by atoms with E-state index in [1.165, 1.54) is 27.6 Å². The Morgan fingerprint density at radius 2 is 2.06 bits per heavy atom. The number of aromatic amines is 1. The summed E-state index contributed by atoms with van der Waals surface area (Å²) in [4.78, 5) is 47.1. The van der Waals surface area contributed by atoms with Crippen LogP contribution in [0.3, 0.4) is 0 Å². The molecular weight excluding hydrogens is 428 g/mol. The van der Waals surface area contributed by atoms with Crippen LogP contribution in [-0.4, -0.2) is 43.0 Å². The molecule has 0 saturated carbocycles. The zero-order valence-corrected chi connectivity index (χ0v) is 17.9. The van der Waals surface area contributed by atoms with Gasteiger partial charge in [-0.05, 0) is 35.6 Å². The van der Waals surface area contributed by atoms with Gasteiger partial charge in [0.15, 0.2) is 5.65 Å². The molecule has 1 aliphatic rings. The van der Waals surface area contributed by atoms with Gasteiger partial charge in [-0.3, -0.25) is 14.4 Å². The Hall–Kier alpha value is -3.79. The van der Waals surface area contributed by atoms with Gasteiger partial charge >= 0.3 is 0 Å². The number of hydrogen-bond donors (Lipinski definition) is 2. The highest BCUT2D eigenvalue weighted by Gasteiger charge is 2.22. The maximum atomic E-state index is 12.6. The largest absolute Gasteiger partial charge is 0.338 e. The fourth-order valence-electron chi connectivity index (χ4n) is 3.85. The number of rotatable bonds is 5. The van der Waals surface area contributed by atoms with Crippen molar-refractivity contribution in [1.82, 2.24) is 24.6 Å². The van der Waals surface area contributed by atoms with E-state index in [-0.39, 0.29) is 30.2 Å². The van der Waals surface area contributed by atoms with Crippen LogP contribution < -0.4 is 10.9 Å². The topological polar surface area (TPSA) is 113 Å². The molecule has 162 valence electrons. The van der Waals surface area contributed by atoms with Gasteiger partial charge in [0, 0.05) is 30.8 Å². The van der Waals surface area contributed by atoms with Gasteiger partial charge in [0.05, 0.1) is 23.9 Å². The van der Waals surface area contributed by atoms with Crippen molar-refractivity contribution in [3.63, 3.8) is 0 Å². The van der Waals surface area contributed by atoms with Gasteiger partial charge < -0.3 is 15.2 Å². The van der Waals surface area contributed by atoms with Crippen molar-refractivity contribution in [2.75, 3.05) is 11.9 Å². The summed E-state index contributed by atoms with van der Waals surface area (Å²) >= 11 is 1.73. The van der Waals surface area contributed by atoms with Crippen molar-refractivity contribution in [2.24, 2.45) is 0 Å². The molecule has 0 unspecified atom stereocenters. The number of thiophene rings is 1. The molecule has 32 heavy (non-hydrogen) atoms. The lowest BCUT2D eigenvalue weighted by atomic mass is 10.1. The molecule has 0 aliphatic carbocycles. The minimum atomic E-state index is -0.284. The van der Waals surface area contributed by atoms with Crippen molar-refractivity contribution in [3.05, 3.63) is 69.0 Å². The summed E-state index contributed by atoms with van der Waals surface area (Å²) in [5.74, 6) is -0.284. The monoisotopic (exact) mass is 448 g/mol. The molecule has 0 saturated heterocycles. The number of aromatic nitrogens is 4. The highest BCUT2D eigenvalue weighted by Crippen LogP contribution is 2.25. The van der Waals surface area contributed by atoms with Gasteiger partial charge in [-0.15, -0.1) is 11.3 Å². The molecule has 0 atom stereocenters. The van der Waals surface area contributed by atoms with Crippen LogP contribution in [0.4, 0.5) is 5.69 Å². The van der Waals surface area contributed by atoms with Gasteiger partial charge in [0.25, 0.3) is 5.56 Å². The van der Waals surface area contributed by atoms with E-state index < -0.39 is 0 Å². The maximum absolute atomic E-state index is 12.6. The Kier molecular flexibility index (Phi) is 5.28. The number of anilines is 1. The number of hydrogen-bond acceptors (Lipinski definition) is 6. The highest BCUT2D eigenvalue weighted by atomic mass is 32.1. The Morgan fingerprint density at radius 3 is 2.97 bits per heavy atom. The van der Waals surface area contributed by atoms with Gasteiger partial charge in [-0.1, -0.05) is 12.1 Å². The number of amides is 2. The van der Waals surface area contributed by atoms with Crippen molar-refractivity contribution < 1.29 is 9.59 Å². The molecule has 9 nitrogen and oxygen atoms in total. The van der Waals surface area contributed by atoms with E-state index in [4.69, 9.17) is 0 Å². The second-order valence-electron chi connectivity index (χ2n) is 7.52. The first-order chi connectivity index (χ1) is 15.6. The number of carbonyl (C=O) groups is 2. The van der Waals surface area contributed by atoms with Gasteiger partial charge in [-0.2, -0.15) is 5.10 Å². The van der Waals surface area contributed by atoms with Crippen molar-refractivity contribution in [3.8, 4) is 5.69 Å². The second-order valence-corrected chi connectivity index (χ2v) is 8.53. The van der Waals surface area contributed by atoms with Crippen LogP contribution in [0.5, 0.6) is 0 Å². The zero-order chi connectivity index (χ0) is 22.1. The summed E-state index contributed by atoms with van der Waals surface area (Å²) in [5.41, 5.74) is 2.42. The minimum absolute atomic E-state index is 0.0215. The summed E-state index contributed by atoms with van der Waals surface area (Å²) < 4.78 is 1.51. The normalized spacial score (nSPS) is 13.2. The lowest BCUT2D eigenvalue weighted by Gasteiger charge is -2.27. The third-order valence-corrected chi connectivity index (χ3v) is 6.53. The lowest BCUT2D eigenvalue weighted by Crippen LogP contribution is -2.35. The molecule has 0 bridgehead atoms. The summed E-state index contributed by atoms with van der Waals surface area (Å²) in [5, 5.41) is 9.54. The van der Waals surface area contributed by atoms with E-state index in [9.17, 15) is 14.4 Å². The molecule has 0 radical (unpaired) electrons. The molecule has 0 fully saturated rings. The first-order valence-corrected chi connectivity index (χ1v) is 11.1. The molecule has 1 aliphatic heterocycles. The van der Waals surface area contributed by atoms with E-state index in [0.29, 0.717) is 35.5 Å². The Balaban J connectivity index is 1.27. The maximum Gasteiger partial charge on any atom is 0.261 e. The Morgan fingerprint density at radius 1 is 1.19 bits per heavy atom. The minimum Gasteiger partial charge on any atom is -0.338 e. The van der Waals surface area contributed by atoms with Gasteiger partial charge in [0.2, 0.25) is 11.8 Å². The molecule has 0 spiro atoms. The van der Waals surface area contributed by atoms with E-state index >= 15 is 0 Å². The van der Waals surface area contributed by atoms with Crippen LogP contribution in [0.25, 0.3) is 16.7 Å². The summed E-state index contributed by atoms with van der Waals surface area (Å²) in [6.07, 6.45) is 3.85. The van der Waals surface area contributed by atoms with Gasteiger partial charge in [0.1, 0.15) is 5.39 Å². The molecule has 1 aromatic carbocycles. The number of benzene rings is 1. The molecule has 3 aromatic heterocycles. The molecule has 2 amide bonds. The first-order valence-electron chi connectivity index (χ1n) is 10.2. The van der Waals surface area contributed by atoms with Crippen LogP contribution >= 0.6 is 11.3 Å². The molecule has 5 rings (SSSR count). The van der Waals surface area contributed by atoms with E-state index in [2.05, 4.69) is 31.8 Å². The average Bonchev–Trinajstić information content (AvgIpc) is 3.45. The molecule has 4 heterocycles. The zero-order valence-electron chi connectivity index (χ0n) is 17.1. The predicted molar refractivity (Wildman–Crippen MR) is 121 cm³/mol.